The Bertz CT molecular complexity index is 718. The van der Waals surface area contributed by atoms with Crippen molar-refractivity contribution >= 4 is 29.1 Å². The van der Waals surface area contributed by atoms with Crippen molar-refractivity contribution in [3.05, 3.63) is 53.1 Å². The van der Waals surface area contributed by atoms with E-state index in [0.29, 0.717) is 24.3 Å². The Morgan fingerprint density at radius 1 is 1.41 bits per heavy atom. The van der Waals surface area contributed by atoms with E-state index < -0.39 is 11.9 Å². The first-order valence-corrected chi connectivity index (χ1v) is 7.15. The van der Waals surface area contributed by atoms with Crippen molar-refractivity contribution in [1.82, 2.24) is 10.3 Å². The Morgan fingerprint density at radius 3 is 2.91 bits per heavy atom. The van der Waals surface area contributed by atoms with Gasteiger partial charge >= 0.3 is 0 Å². The number of benzene rings is 1. The number of halogens is 2. The SMILES string of the molecule is O=C(N[C@@H]1CCN(c2ccc(Cl)c(F)c2)C1=O)c1ccc[nH]1. The average molecular weight is 322 g/mol. The van der Waals surface area contributed by atoms with Crippen molar-refractivity contribution in [3.63, 3.8) is 0 Å². The lowest BCUT2D eigenvalue weighted by Crippen LogP contribution is -2.41. The quantitative estimate of drug-likeness (QED) is 0.911. The highest BCUT2D eigenvalue weighted by atomic mass is 35.5. The molecule has 0 spiro atoms. The summed E-state index contributed by atoms with van der Waals surface area (Å²) in [6, 6.07) is 6.92. The summed E-state index contributed by atoms with van der Waals surface area (Å²) in [5.41, 5.74) is 0.826. The van der Waals surface area contributed by atoms with E-state index in [4.69, 9.17) is 11.6 Å². The van der Waals surface area contributed by atoms with E-state index in [1.54, 1.807) is 24.4 Å². The van der Waals surface area contributed by atoms with Crippen LogP contribution in [0, 0.1) is 5.82 Å². The van der Waals surface area contributed by atoms with E-state index in [-0.39, 0.29) is 16.8 Å². The zero-order valence-corrected chi connectivity index (χ0v) is 12.2. The number of aromatic nitrogens is 1. The number of nitrogens with zero attached hydrogens (tertiary/aromatic N) is 1. The van der Waals surface area contributed by atoms with Gasteiger partial charge in [-0.15, -0.1) is 0 Å². The van der Waals surface area contributed by atoms with Crippen LogP contribution in [0.5, 0.6) is 0 Å². The van der Waals surface area contributed by atoms with Gasteiger partial charge in [0.15, 0.2) is 0 Å². The molecule has 1 aromatic carbocycles. The molecule has 0 unspecified atom stereocenters. The largest absolute Gasteiger partial charge is 0.357 e. The topological polar surface area (TPSA) is 65.2 Å². The Labute approximate surface area is 131 Å². The first-order chi connectivity index (χ1) is 10.6. The molecule has 1 aromatic heterocycles. The van der Waals surface area contributed by atoms with Crippen molar-refractivity contribution in [2.75, 3.05) is 11.4 Å². The molecule has 2 aromatic rings. The summed E-state index contributed by atoms with van der Waals surface area (Å²) >= 11 is 5.64. The predicted molar refractivity (Wildman–Crippen MR) is 80.4 cm³/mol. The molecular weight excluding hydrogens is 309 g/mol. The number of aromatic amines is 1. The third-order valence-corrected chi connectivity index (χ3v) is 3.87. The van der Waals surface area contributed by atoms with Crippen LogP contribution in [-0.2, 0) is 4.79 Å². The van der Waals surface area contributed by atoms with Crippen LogP contribution in [-0.4, -0.2) is 29.4 Å². The average Bonchev–Trinajstić information content (AvgIpc) is 3.13. The lowest BCUT2D eigenvalue weighted by molar-refractivity contribution is -0.118. The normalized spacial score (nSPS) is 17.8. The molecule has 2 heterocycles. The summed E-state index contributed by atoms with van der Waals surface area (Å²) in [5.74, 6) is -1.18. The van der Waals surface area contributed by atoms with Gasteiger partial charge in [-0.2, -0.15) is 0 Å². The summed E-state index contributed by atoms with van der Waals surface area (Å²) in [6.45, 7) is 0.412. The van der Waals surface area contributed by atoms with Gasteiger partial charge < -0.3 is 15.2 Å². The number of rotatable bonds is 3. The lowest BCUT2D eigenvalue weighted by Gasteiger charge is -2.17. The van der Waals surface area contributed by atoms with Crippen molar-refractivity contribution < 1.29 is 14.0 Å². The fourth-order valence-electron chi connectivity index (χ4n) is 2.43. The molecule has 2 amide bonds. The van der Waals surface area contributed by atoms with E-state index in [1.807, 2.05) is 0 Å². The summed E-state index contributed by atoms with van der Waals surface area (Å²) in [5, 5.41) is 2.68. The zero-order valence-electron chi connectivity index (χ0n) is 11.5. The molecule has 1 aliphatic rings. The fraction of sp³-hybridized carbons (Fsp3) is 0.200. The van der Waals surface area contributed by atoms with Crippen LogP contribution >= 0.6 is 11.6 Å². The monoisotopic (exact) mass is 321 g/mol. The molecule has 7 heteroatoms. The highest BCUT2D eigenvalue weighted by molar-refractivity contribution is 6.30. The molecule has 22 heavy (non-hydrogen) atoms. The lowest BCUT2D eigenvalue weighted by atomic mass is 10.2. The molecule has 2 N–H and O–H groups in total. The van der Waals surface area contributed by atoms with E-state index in [2.05, 4.69) is 10.3 Å². The molecule has 0 radical (unpaired) electrons. The minimum atomic E-state index is -0.616. The molecule has 1 aliphatic heterocycles. The molecule has 114 valence electrons. The fourth-order valence-corrected chi connectivity index (χ4v) is 2.55. The number of carbonyl (C=O) groups is 2. The van der Waals surface area contributed by atoms with Gasteiger partial charge in [0.1, 0.15) is 17.6 Å². The van der Waals surface area contributed by atoms with Gasteiger partial charge in [0.05, 0.1) is 5.02 Å². The molecule has 1 atom stereocenters. The molecule has 0 aliphatic carbocycles. The number of anilines is 1. The predicted octanol–water partition coefficient (Wildman–Crippen LogP) is 2.34. The van der Waals surface area contributed by atoms with E-state index in [0.717, 1.165) is 0 Å². The molecule has 1 saturated heterocycles. The number of carbonyl (C=O) groups excluding carboxylic acids is 2. The summed E-state index contributed by atoms with van der Waals surface area (Å²) in [7, 11) is 0. The Morgan fingerprint density at radius 2 is 2.23 bits per heavy atom. The van der Waals surface area contributed by atoms with E-state index in [1.165, 1.54) is 17.0 Å². The molecule has 3 rings (SSSR count). The standard InChI is InChI=1S/C15H13ClFN3O2/c16-10-4-3-9(8-11(10)17)20-7-5-13(15(20)22)19-14(21)12-2-1-6-18-12/h1-4,6,8,13,18H,5,7H2,(H,19,21)/t13-/m1/s1. The van der Waals surface area contributed by atoms with Crippen molar-refractivity contribution in [2.45, 2.75) is 12.5 Å². The zero-order chi connectivity index (χ0) is 15.7. The Hall–Kier alpha value is -2.34. The van der Waals surface area contributed by atoms with Gasteiger partial charge in [-0.3, -0.25) is 9.59 Å². The Balaban J connectivity index is 1.72. The summed E-state index contributed by atoms with van der Waals surface area (Å²) in [6.07, 6.45) is 2.10. The molecule has 0 saturated carbocycles. The van der Waals surface area contributed by atoms with Gasteiger partial charge in [-0.1, -0.05) is 11.6 Å². The van der Waals surface area contributed by atoms with Crippen LogP contribution in [0.2, 0.25) is 5.02 Å². The number of amides is 2. The Kier molecular flexibility index (Phi) is 3.85. The second-order valence-electron chi connectivity index (χ2n) is 4.99. The van der Waals surface area contributed by atoms with Crippen LogP contribution in [0.1, 0.15) is 16.9 Å². The van der Waals surface area contributed by atoms with Crippen LogP contribution in [0.4, 0.5) is 10.1 Å². The second kappa shape index (κ2) is 5.81. The van der Waals surface area contributed by atoms with Crippen LogP contribution in [0.15, 0.2) is 36.5 Å². The van der Waals surface area contributed by atoms with Gasteiger partial charge in [0.2, 0.25) is 5.91 Å². The molecule has 1 fully saturated rings. The van der Waals surface area contributed by atoms with E-state index in [9.17, 15) is 14.0 Å². The maximum Gasteiger partial charge on any atom is 0.268 e. The maximum atomic E-state index is 13.5. The molecular formula is C15H13ClFN3O2. The summed E-state index contributed by atoms with van der Waals surface area (Å²) in [4.78, 5) is 28.5. The third kappa shape index (κ3) is 2.69. The minimum absolute atomic E-state index is 0.00648. The number of hydrogen-bond acceptors (Lipinski definition) is 2. The van der Waals surface area contributed by atoms with Gasteiger partial charge in [0, 0.05) is 18.4 Å². The first kappa shape index (κ1) is 14.6. The number of nitrogens with one attached hydrogen (secondary N) is 2. The maximum absolute atomic E-state index is 13.5. The van der Waals surface area contributed by atoms with Gasteiger partial charge in [-0.25, -0.2) is 4.39 Å². The van der Waals surface area contributed by atoms with Crippen molar-refractivity contribution in [2.24, 2.45) is 0 Å². The molecule has 5 nitrogen and oxygen atoms in total. The number of hydrogen-bond donors (Lipinski definition) is 2. The van der Waals surface area contributed by atoms with Crippen LogP contribution < -0.4 is 10.2 Å². The smallest absolute Gasteiger partial charge is 0.268 e. The van der Waals surface area contributed by atoms with Crippen molar-refractivity contribution in [1.29, 1.82) is 0 Å². The van der Waals surface area contributed by atoms with Crippen LogP contribution in [0.25, 0.3) is 0 Å². The van der Waals surface area contributed by atoms with Crippen molar-refractivity contribution in [3.8, 4) is 0 Å². The second-order valence-corrected chi connectivity index (χ2v) is 5.39. The number of H-pyrrole nitrogens is 1. The highest BCUT2D eigenvalue weighted by Crippen LogP contribution is 2.25. The van der Waals surface area contributed by atoms with Gasteiger partial charge in [-0.05, 0) is 36.8 Å². The van der Waals surface area contributed by atoms with Gasteiger partial charge in [0.25, 0.3) is 5.91 Å². The van der Waals surface area contributed by atoms with E-state index >= 15 is 0 Å². The van der Waals surface area contributed by atoms with Crippen LogP contribution in [0.3, 0.4) is 0 Å². The summed E-state index contributed by atoms with van der Waals surface area (Å²) < 4.78 is 13.5. The molecule has 0 bridgehead atoms. The third-order valence-electron chi connectivity index (χ3n) is 3.57. The minimum Gasteiger partial charge on any atom is -0.357 e. The first-order valence-electron chi connectivity index (χ1n) is 6.77. The highest BCUT2D eigenvalue weighted by Gasteiger charge is 2.34.